The van der Waals surface area contributed by atoms with E-state index < -0.39 is 48.3 Å². The average molecular weight is 432 g/mol. The minimum Gasteiger partial charge on any atom is -0.463 e. The third-order valence-corrected chi connectivity index (χ3v) is 4.66. The highest BCUT2D eigenvalue weighted by molar-refractivity contribution is 5.78. The largest absolute Gasteiger partial charge is 0.463 e. The van der Waals surface area contributed by atoms with Gasteiger partial charge in [0.2, 0.25) is 0 Å². The van der Waals surface area contributed by atoms with Crippen LogP contribution in [0.4, 0.5) is 0 Å². The Hall–Kier alpha value is -2.28. The number of cyclic esters (lactones) is 4. The summed E-state index contributed by atoms with van der Waals surface area (Å²) >= 11 is 0. The lowest BCUT2D eigenvalue weighted by Gasteiger charge is -2.18. The van der Waals surface area contributed by atoms with E-state index in [9.17, 15) is 19.2 Å². The molecule has 0 saturated carbocycles. The van der Waals surface area contributed by atoms with Crippen molar-refractivity contribution in [1.29, 1.82) is 0 Å². The van der Waals surface area contributed by atoms with Gasteiger partial charge in [0.1, 0.15) is 64.4 Å². The molecule has 3 aliphatic heterocycles. The Morgan fingerprint density at radius 3 is 0.900 bits per heavy atom. The third kappa shape index (κ3) is 6.90. The molecule has 0 amide bonds. The van der Waals surface area contributed by atoms with Crippen molar-refractivity contribution in [2.45, 2.75) is 50.1 Å². The average Bonchev–Trinajstić information content (AvgIpc) is 3.38. The van der Waals surface area contributed by atoms with E-state index in [1.807, 2.05) is 0 Å². The predicted molar refractivity (Wildman–Crippen MR) is 91.5 cm³/mol. The molecule has 30 heavy (non-hydrogen) atoms. The van der Waals surface area contributed by atoms with Gasteiger partial charge in [0, 0.05) is 0 Å². The van der Waals surface area contributed by atoms with E-state index in [4.69, 9.17) is 37.9 Å². The normalized spacial score (nSPS) is 32.8. The van der Waals surface area contributed by atoms with Crippen LogP contribution < -0.4 is 0 Å². The van der Waals surface area contributed by atoms with Crippen LogP contribution in [0.25, 0.3) is 0 Å². The van der Waals surface area contributed by atoms with E-state index in [2.05, 4.69) is 0 Å². The van der Waals surface area contributed by atoms with E-state index in [0.29, 0.717) is 0 Å². The van der Waals surface area contributed by atoms with Crippen molar-refractivity contribution >= 4 is 23.9 Å². The molecule has 12 nitrogen and oxygen atoms in total. The van der Waals surface area contributed by atoms with Crippen molar-refractivity contribution in [3.8, 4) is 0 Å². The Balaban J connectivity index is 1.55. The van der Waals surface area contributed by atoms with Gasteiger partial charge in [0.25, 0.3) is 0 Å². The number of ether oxygens (including phenoxy) is 8. The first-order valence-corrected chi connectivity index (χ1v) is 9.60. The highest BCUT2D eigenvalue weighted by Crippen LogP contribution is 2.17. The summed E-state index contributed by atoms with van der Waals surface area (Å²) in [6.07, 6.45) is -3.13. The van der Waals surface area contributed by atoms with Crippen LogP contribution in [0.1, 0.15) is 25.7 Å². The van der Waals surface area contributed by atoms with E-state index in [1.54, 1.807) is 0 Å². The van der Waals surface area contributed by atoms with Crippen LogP contribution in [0.3, 0.4) is 0 Å². The molecule has 0 aromatic carbocycles. The van der Waals surface area contributed by atoms with Crippen LogP contribution in [-0.2, 0) is 57.1 Å². The smallest absolute Gasteiger partial charge is 0.306 e. The van der Waals surface area contributed by atoms with Gasteiger partial charge in [0.15, 0.2) is 0 Å². The molecule has 0 unspecified atom stereocenters. The fourth-order valence-corrected chi connectivity index (χ4v) is 2.88. The summed E-state index contributed by atoms with van der Waals surface area (Å²) in [4.78, 5) is 47.4. The maximum absolute atomic E-state index is 11.9. The van der Waals surface area contributed by atoms with E-state index in [0.717, 1.165) is 0 Å². The van der Waals surface area contributed by atoms with Crippen LogP contribution in [-0.4, -0.2) is 88.3 Å². The maximum Gasteiger partial charge on any atom is 0.306 e. The zero-order valence-electron chi connectivity index (χ0n) is 16.3. The molecule has 3 heterocycles. The second kappa shape index (κ2) is 11.2. The quantitative estimate of drug-likeness (QED) is 0.350. The Morgan fingerprint density at radius 2 is 0.667 bits per heavy atom. The number of rotatable bonds is 0. The van der Waals surface area contributed by atoms with Crippen molar-refractivity contribution in [2.24, 2.45) is 0 Å². The second-order valence-corrected chi connectivity index (χ2v) is 6.79. The summed E-state index contributed by atoms with van der Waals surface area (Å²) in [6.45, 7) is -0.519. The fourth-order valence-electron chi connectivity index (χ4n) is 2.88. The molecule has 0 radical (unpaired) electrons. The summed E-state index contributed by atoms with van der Waals surface area (Å²) in [5.41, 5.74) is 0. The van der Waals surface area contributed by atoms with Gasteiger partial charge in [0.05, 0.1) is 25.7 Å². The molecular weight excluding hydrogens is 408 g/mol. The Bertz CT molecular complexity index is 529. The molecule has 0 N–H and O–H groups in total. The highest BCUT2D eigenvalue weighted by atomic mass is 16.7. The summed E-state index contributed by atoms with van der Waals surface area (Å²) in [6, 6.07) is 0. The fraction of sp³-hybridized carbons (Fsp3) is 0.778. The molecule has 3 fully saturated rings. The first-order valence-electron chi connectivity index (χ1n) is 9.60. The van der Waals surface area contributed by atoms with E-state index >= 15 is 0 Å². The topological polar surface area (TPSA) is 142 Å². The number of fused-ring (bicyclic) bond motifs is 2. The van der Waals surface area contributed by atoms with Gasteiger partial charge < -0.3 is 37.9 Å². The van der Waals surface area contributed by atoms with E-state index in [-0.39, 0.29) is 65.7 Å². The van der Waals surface area contributed by atoms with Crippen LogP contribution in [0.5, 0.6) is 0 Å². The lowest BCUT2D eigenvalue weighted by molar-refractivity contribution is -0.156. The number of esters is 4. The molecule has 0 aromatic rings. The van der Waals surface area contributed by atoms with Crippen LogP contribution >= 0.6 is 0 Å². The first kappa shape index (κ1) is 22.4. The summed E-state index contributed by atoms with van der Waals surface area (Å²) in [5.74, 6) is -2.40. The standard InChI is InChI=1S/C18H24O12/c19-15-1-2-16(20)24-6-12-14(30-10-28-12)8-26-18(22)4-3-17(21)25-7-13-11(5-23-15)27-9-29-13/h11-14H,1-10H2/t11-,12-,13-,14-/m0/s1. The highest BCUT2D eigenvalue weighted by Gasteiger charge is 2.33. The SMILES string of the molecule is O=C1CCC(=O)OC[C@@H]2OCO[C@H]2COC(=O)CCC(=O)OC[C@@H]2OCO[C@H]2CO1. The van der Waals surface area contributed by atoms with Crippen LogP contribution in [0, 0.1) is 0 Å². The van der Waals surface area contributed by atoms with Crippen molar-refractivity contribution in [2.75, 3.05) is 40.0 Å². The minimum atomic E-state index is -0.610. The minimum absolute atomic E-state index is 0.0322. The summed E-state index contributed by atoms with van der Waals surface area (Å²) in [7, 11) is 0. The van der Waals surface area contributed by atoms with Gasteiger partial charge in [-0.15, -0.1) is 0 Å². The van der Waals surface area contributed by atoms with Gasteiger partial charge in [-0.05, 0) is 0 Å². The molecule has 4 atom stereocenters. The lowest BCUT2D eigenvalue weighted by Crippen LogP contribution is -2.34. The van der Waals surface area contributed by atoms with Crippen molar-refractivity contribution in [3.05, 3.63) is 0 Å². The molecular formula is C18H24O12. The number of hydrogen-bond acceptors (Lipinski definition) is 12. The maximum atomic E-state index is 11.9. The Morgan fingerprint density at radius 1 is 0.433 bits per heavy atom. The predicted octanol–water partition coefficient (Wildman–Crippen LogP) is -0.784. The summed E-state index contributed by atoms with van der Waals surface area (Å²) < 4.78 is 41.6. The molecule has 3 aliphatic rings. The number of carbonyl (C=O) groups is 4. The number of hydrogen-bond donors (Lipinski definition) is 0. The second-order valence-electron chi connectivity index (χ2n) is 6.79. The Kier molecular flexibility index (Phi) is 8.37. The summed E-state index contributed by atoms with van der Waals surface area (Å²) in [5, 5.41) is 0. The van der Waals surface area contributed by atoms with Gasteiger partial charge >= 0.3 is 23.9 Å². The van der Waals surface area contributed by atoms with Gasteiger partial charge in [-0.25, -0.2) is 0 Å². The van der Waals surface area contributed by atoms with Gasteiger partial charge in [-0.1, -0.05) is 0 Å². The molecule has 3 rings (SSSR count). The monoisotopic (exact) mass is 432 g/mol. The zero-order chi connectivity index (χ0) is 21.3. The van der Waals surface area contributed by atoms with Gasteiger partial charge in [-0.3, -0.25) is 19.2 Å². The van der Waals surface area contributed by atoms with E-state index in [1.165, 1.54) is 0 Å². The number of carbonyl (C=O) groups excluding carboxylic acids is 4. The van der Waals surface area contributed by atoms with Gasteiger partial charge in [-0.2, -0.15) is 0 Å². The molecule has 168 valence electrons. The lowest BCUT2D eigenvalue weighted by atomic mass is 10.2. The van der Waals surface area contributed by atoms with Crippen molar-refractivity contribution < 1.29 is 57.1 Å². The van der Waals surface area contributed by atoms with Crippen molar-refractivity contribution in [3.63, 3.8) is 0 Å². The molecule has 0 aromatic heterocycles. The van der Waals surface area contributed by atoms with Crippen LogP contribution in [0.15, 0.2) is 0 Å². The molecule has 0 spiro atoms. The molecule has 0 aliphatic carbocycles. The molecule has 12 heteroatoms. The van der Waals surface area contributed by atoms with Crippen LogP contribution in [0.2, 0.25) is 0 Å². The Labute approximate surface area is 171 Å². The van der Waals surface area contributed by atoms with Crippen molar-refractivity contribution in [1.82, 2.24) is 0 Å². The molecule has 3 saturated heterocycles. The zero-order valence-corrected chi connectivity index (χ0v) is 16.3. The molecule has 0 bridgehead atoms. The first-order chi connectivity index (χ1) is 14.5. The third-order valence-electron chi connectivity index (χ3n) is 4.66.